The van der Waals surface area contributed by atoms with Crippen molar-refractivity contribution in [2.45, 2.75) is 12.1 Å². The van der Waals surface area contributed by atoms with E-state index in [2.05, 4.69) is 31.4 Å². The third kappa shape index (κ3) is 4.47. The average molecular weight is 452 g/mol. The largest absolute Gasteiger partial charge is 0.324 e. The minimum absolute atomic E-state index is 0.101. The first-order valence-corrected chi connectivity index (χ1v) is 9.94. The van der Waals surface area contributed by atoms with Gasteiger partial charge in [0.25, 0.3) is 0 Å². The lowest BCUT2D eigenvalue weighted by atomic mass is 10.2. The molecule has 1 N–H and O–H groups in total. The smallest absolute Gasteiger partial charge is 0.234 e. The minimum Gasteiger partial charge on any atom is -0.324 e. The number of benzene rings is 2. The average Bonchev–Trinajstić information content (AvgIpc) is 2.97. The molecule has 0 spiro atoms. The Bertz CT molecular complexity index is 943. The number of amides is 1. The highest BCUT2D eigenvalue weighted by molar-refractivity contribution is 9.10. The highest BCUT2D eigenvalue weighted by atomic mass is 79.9. The number of anilines is 1. The number of hydrogen-bond donors (Lipinski definition) is 1. The molecule has 1 aromatic heterocycles. The Labute approximate surface area is 169 Å². The normalized spacial score (nSPS) is 10.8. The number of aryl methyl sites for hydroxylation is 1. The van der Waals surface area contributed by atoms with Gasteiger partial charge in [0.05, 0.1) is 11.4 Å². The maximum absolute atomic E-state index is 12.2. The molecule has 0 radical (unpaired) electrons. The molecule has 8 heteroatoms. The lowest BCUT2D eigenvalue weighted by Gasteiger charge is -2.08. The number of carbonyl (C=O) groups is 1. The third-order valence-corrected chi connectivity index (χ3v) is 5.60. The van der Waals surface area contributed by atoms with Gasteiger partial charge >= 0.3 is 0 Å². The number of rotatable bonds is 5. The summed E-state index contributed by atoms with van der Waals surface area (Å²) in [7, 11) is 1.88. The molecule has 0 aliphatic carbocycles. The van der Waals surface area contributed by atoms with Crippen LogP contribution in [0.3, 0.4) is 0 Å². The van der Waals surface area contributed by atoms with Crippen molar-refractivity contribution < 1.29 is 4.79 Å². The Morgan fingerprint density at radius 3 is 2.65 bits per heavy atom. The molecule has 2 aromatic carbocycles. The summed E-state index contributed by atoms with van der Waals surface area (Å²) in [6.45, 7) is 2.00. The van der Waals surface area contributed by atoms with Crippen LogP contribution in [0.2, 0.25) is 5.02 Å². The number of aromatic nitrogens is 3. The van der Waals surface area contributed by atoms with E-state index < -0.39 is 0 Å². The molecule has 1 amide bonds. The molecule has 3 aromatic rings. The second kappa shape index (κ2) is 8.24. The van der Waals surface area contributed by atoms with Crippen LogP contribution < -0.4 is 5.32 Å². The first-order chi connectivity index (χ1) is 12.4. The Hall–Kier alpha value is -1.83. The van der Waals surface area contributed by atoms with Gasteiger partial charge in [0.1, 0.15) is 0 Å². The van der Waals surface area contributed by atoms with E-state index in [9.17, 15) is 4.79 Å². The maximum Gasteiger partial charge on any atom is 0.234 e. The number of nitrogens with zero attached hydrogens (tertiary/aromatic N) is 3. The van der Waals surface area contributed by atoms with Crippen molar-refractivity contribution in [3.05, 3.63) is 57.5 Å². The van der Waals surface area contributed by atoms with Crippen LogP contribution in [0.1, 0.15) is 5.56 Å². The summed E-state index contributed by atoms with van der Waals surface area (Å²) in [6.07, 6.45) is 0. The van der Waals surface area contributed by atoms with Crippen LogP contribution in [-0.2, 0) is 11.8 Å². The molecule has 0 saturated heterocycles. The molecular weight excluding hydrogens is 436 g/mol. The van der Waals surface area contributed by atoms with Crippen molar-refractivity contribution >= 4 is 50.9 Å². The van der Waals surface area contributed by atoms with Crippen molar-refractivity contribution in [2.24, 2.45) is 7.05 Å². The van der Waals surface area contributed by atoms with Crippen LogP contribution >= 0.6 is 39.3 Å². The summed E-state index contributed by atoms with van der Waals surface area (Å²) in [5.74, 6) is 0.869. The summed E-state index contributed by atoms with van der Waals surface area (Å²) >= 11 is 10.7. The van der Waals surface area contributed by atoms with Crippen molar-refractivity contribution in [3.8, 4) is 11.4 Å². The molecule has 5 nitrogen and oxygen atoms in total. The molecule has 0 aliphatic rings. The van der Waals surface area contributed by atoms with Crippen LogP contribution in [0.15, 0.2) is 52.1 Å². The van der Waals surface area contributed by atoms with E-state index in [4.69, 9.17) is 11.6 Å². The molecule has 0 atom stereocenters. The van der Waals surface area contributed by atoms with Gasteiger partial charge in [-0.15, -0.1) is 10.2 Å². The second-order valence-electron chi connectivity index (χ2n) is 5.69. The minimum atomic E-state index is -0.101. The standard InChI is InChI=1S/C18H16BrClN4OS/c1-11-3-8-15(14(19)9-11)21-16(25)10-26-18-23-22-17(24(18)2)12-4-6-13(20)7-5-12/h3-9H,10H2,1-2H3,(H,21,25). The highest BCUT2D eigenvalue weighted by Gasteiger charge is 2.13. The van der Waals surface area contributed by atoms with Crippen molar-refractivity contribution in [2.75, 3.05) is 11.1 Å². The van der Waals surface area contributed by atoms with Gasteiger partial charge in [-0.25, -0.2) is 0 Å². The van der Waals surface area contributed by atoms with Gasteiger partial charge in [-0.3, -0.25) is 4.79 Å². The molecule has 0 bridgehead atoms. The Morgan fingerprint density at radius 1 is 1.23 bits per heavy atom. The monoisotopic (exact) mass is 450 g/mol. The molecule has 26 heavy (non-hydrogen) atoms. The summed E-state index contributed by atoms with van der Waals surface area (Å²) in [5, 5.41) is 12.6. The Morgan fingerprint density at radius 2 is 1.96 bits per heavy atom. The number of halogens is 2. The maximum atomic E-state index is 12.2. The van der Waals surface area contributed by atoms with Gasteiger partial charge in [-0.1, -0.05) is 29.4 Å². The van der Waals surface area contributed by atoms with Gasteiger partial charge < -0.3 is 9.88 Å². The Kier molecular flexibility index (Phi) is 6.01. The van der Waals surface area contributed by atoms with Crippen LogP contribution in [0, 0.1) is 6.92 Å². The predicted molar refractivity (Wildman–Crippen MR) is 110 cm³/mol. The highest BCUT2D eigenvalue weighted by Crippen LogP contribution is 2.26. The van der Waals surface area contributed by atoms with Crippen LogP contribution in [0.4, 0.5) is 5.69 Å². The van der Waals surface area contributed by atoms with E-state index >= 15 is 0 Å². The van der Waals surface area contributed by atoms with Gasteiger partial charge in [-0.05, 0) is 64.8 Å². The van der Waals surface area contributed by atoms with Crippen molar-refractivity contribution in [3.63, 3.8) is 0 Å². The molecular formula is C18H16BrClN4OS. The van der Waals surface area contributed by atoms with E-state index in [0.717, 1.165) is 27.1 Å². The van der Waals surface area contributed by atoms with Crippen molar-refractivity contribution in [1.29, 1.82) is 0 Å². The molecule has 0 unspecified atom stereocenters. The Balaban J connectivity index is 1.64. The molecule has 1 heterocycles. The van der Waals surface area contributed by atoms with E-state index in [0.29, 0.717) is 10.2 Å². The quantitative estimate of drug-likeness (QED) is 0.558. The lowest BCUT2D eigenvalue weighted by molar-refractivity contribution is -0.113. The summed E-state index contributed by atoms with van der Waals surface area (Å²) < 4.78 is 2.72. The molecule has 0 fully saturated rings. The fourth-order valence-corrected chi connectivity index (χ4v) is 3.76. The second-order valence-corrected chi connectivity index (χ2v) is 7.93. The number of carbonyl (C=O) groups excluding carboxylic acids is 1. The van der Waals surface area contributed by atoms with E-state index in [-0.39, 0.29) is 11.7 Å². The summed E-state index contributed by atoms with van der Waals surface area (Å²) in [4.78, 5) is 12.2. The fraction of sp³-hybridized carbons (Fsp3) is 0.167. The van der Waals surface area contributed by atoms with E-state index in [1.54, 1.807) is 0 Å². The molecule has 3 rings (SSSR count). The van der Waals surface area contributed by atoms with Gasteiger partial charge in [0.2, 0.25) is 5.91 Å². The molecule has 134 valence electrons. The first-order valence-electron chi connectivity index (χ1n) is 7.78. The zero-order valence-electron chi connectivity index (χ0n) is 14.2. The van der Waals surface area contributed by atoms with Crippen molar-refractivity contribution in [1.82, 2.24) is 14.8 Å². The first kappa shape index (κ1) is 18.9. The SMILES string of the molecule is Cc1ccc(NC(=O)CSc2nnc(-c3ccc(Cl)cc3)n2C)c(Br)c1. The van der Waals surface area contributed by atoms with E-state index in [1.165, 1.54) is 11.8 Å². The van der Waals surface area contributed by atoms with E-state index in [1.807, 2.05) is 61.0 Å². The zero-order valence-corrected chi connectivity index (χ0v) is 17.3. The number of thioether (sulfide) groups is 1. The lowest BCUT2D eigenvalue weighted by Crippen LogP contribution is -2.14. The summed E-state index contributed by atoms with van der Waals surface area (Å²) in [5.41, 5.74) is 2.79. The predicted octanol–water partition coefficient (Wildman–Crippen LogP) is 4.94. The summed E-state index contributed by atoms with van der Waals surface area (Å²) in [6, 6.07) is 13.2. The van der Waals surface area contributed by atoms with Crippen LogP contribution in [-0.4, -0.2) is 26.4 Å². The number of nitrogens with one attached hydrogen (secondary N) is 1. The zero-order chi connectivity index (χ0) is 18.7. The molecule has 0 aliphatic heterocycles. The fourth-order valence-electron chi connectivity index (χ4n) is 2.33. The number of hydrogen-bond acceptors (Lipinski definition) is 4. The topological polar surface area (TPSA) is 59.8 Å². The van der Waals surface area contributed by atoms with Gasteiger partial charge in [0, 0.05) is 22.1 Å². The van der Waals surface area contributed by atoms with Crippen LogP contribution in [0.25, 0.3) is 11.4 Å². The third-order valence-electron chi connectivity index (χ3n) is 3.67. The van der Waals surface area contributed by atoms with Gasteiger partial charge in [-0.2, -0.15) is 0 Å². The van der Waals surface area contributed by atoms with Gasteiger partial charge in [0.15, 0.2) is 11.0 Å². The molecule has 0 saturated carbocycles. The van der Waals surface area contributed by atoms with Crippen LogP contribution in [0.5, 0.6) is 0 Å².